The Morgan fingerprint density at radius 2 is 2.04 bits per heavy atom. The molecule has 0 saturated carbocycles. The van der Waals surface area contributed by atoms with Gasteiger partial charge in [0.15, 0.2) is 0 Å². The van der Waals surface area contributed by atoms with Crippen molar-refractivity contribution < 1.29 is 22.9 Å². The summed E-state index contributed by atoms with van der Waals surface area (Å²) < 4.78 is 38.3. The van der Waals surface area contributed by atoms with Crippen LogP contribution in [0, 0.1) is 0 Å². The van der Waals surface area contributed by atoms with E-state index in [1.54, 1.807) is 19.0 Å². The largest absolute Gasteiger partial charge is 0.497 e. The molecule has 2 atom stereocenters. The van der Waals surface area contributed by atoms with Gasteiger partial charge in [-0.1, -0.05) is 6.92 Å². The average Bonchev–Trinajstić information content (AvgIpc) is 2.86. The summed E-state index contributed by atoms with van der Waals surface area (Å²) in [6.45, 7) is 4.11. The van der Waals surface area contributed by atoms with E-state index in [2.05, 4.69) is 4.72 Å². The summed E-state index contributed by atoms with van der Waals surface area (Å²) in [7, 11) is -1.46. The van der Waals surface area contributed by atoms with Gasteiger partial charge in [-0.25, -0.2) is 13.1 Å². The molecule has 0 amide bonds. The standard InChI is InChI=1S/C14H23BN2O5S/c1-10-7-11(9-17(10)15(2)18)16-23(19,20)14-8-12(21-3)5-6-13(14)22-4/h5-6,8,10-11,16,18H,7,9H2,1-4H3/t10-,11+/m0/s1. The van der Waals surface area contributed by atoms with Crippen molar-refractivity contribution in [1.29, 1.82) is 0 Å². The van der Waals surface area contributed by atoms with E-state index >= 15 is 0 Å². The van der Waals surface area contributed by atoms with Crippen LogP contribution in [0.25, 0.3) is 0 Å². The van der Waals surface area contributed by atoms with E-state index in [9.17, 15) is 13.4 Å². The molecule has 1 saturated heterocycles. The fraction of sp³-hybridized carbons (Fsp3) is 0.571. The number of benzene rings is 1. The molecule has 23 heavy (non-hydrogen) atoms. The highest BCUT2D eigenvalue weighted by Gasteiger charge is 2.36. The highest BCUT2D eigenvalue weighted by molar-refractivity contribution is 7.89. The molecule has 2 rings (SSSR count). The number of nitrogens with one attached hydrogen (secondary N) is 1. The number of hydrogen-bond donors (Lipinski definition) is 2. The first-order valence-electron chi connectivity index (χ1n) is 7.46. The second-order valence-corrected chi connectivity index (χ2v) is 7.43. The van der Waals surface area contributed by atoms with Crippen LogP contribution >= 0.6 is 0 Å². The third-order valence-electron chi connectivity index (χ3n) is 4.09. The molecule has 0 spiro atoms. The zero-order chi connectivity index (χ0) is 17.2. The monoisotopic (exact) mass is 342 g/mol. The first kappa shape index (κ1) is 18.1. The van der Waals surface area contributed by atoms with Crippen molar-refractivity contribution >= 4 is 17.1 Å². The summed E-state index contributed by atoms with van der Waals surface area (Å²) in [4.78, 5) is 1.90. The van der Waals surface area contributed by atoms with Gasteiger partial charge in [0.2, 0.25) is 10.0 Å². The lowest BCUT2D eigenvalue weighted by Crippen LogP contribution is -2.42. The molecule has 0 aromatic heterocycles. The maximum atomic E-state index is 12.7. The lowest BCUT2D eigenvalue weighted by atomic mass is 9.84. The fourth-order valence-electron chi connectivity index (χ4n) is 2.94. The number of nitrogens with zero attached hydrogens (tertiary/aromatic N) is 1. The maximum absolute atomic E-state index is 12.7. The van der Waals surface area contributed by atoms with Crippen LogP contribution in [0.3, 0.4) is 0 Å². The van der Waals surface area contributed by atoms with Crippen LogP contribution in [0.15, 0.2) is 23.1 Å². The minimum atomic E-state index is -3.75. The van der Waals surface area contributed by atoms with E-state index < -0.39 is 17.1 Å². The molecule has 7 nitrogen and oxygen atoms in total. The molecule has 0 bridgehead atoms. The van der Waals surface area contributed by atoms with Crippen molar-refractivity contribution in [2.45, 2.75) is 37.1 Å². The minimum absolute atomic E-state index is 0.0440. The van der Waals surface area contributed by atoms with E-state index in [4.69, 9.17) is 9.47 Å². The van der Waals surface area contributed by atoms with Gasteiger partial charge in [-0.2, -0.15) is 0 Å². The number of rotatable bonds is 6. The first-order valence-corrected chi connectivity index (χ1v) is 8.95. The molecule has 1 fully saturated rings. The molecule has 1 heterocycles. The van der Waals surface area contributed by atoms with Gasteiger partial charge in [0.1, 0.15) is 16.4 Å². The molecule has 2 N–H and O–H groups in total. The highest BCUT2D eigenvalue weighted by Crippen LogP contribution is 2.29. The molecule has 0 aliphatic carbocycles. The topological polar surface area (TPSA) is 88.1 Å². The predicted molar refractivity (Wildman–Crippen MR) is 88.3 cm³/mol. The van der Waals surface area contributed by atoms with Gasteiger partial charge in [0.25, 0.3) is 0 Å². The van der Waals surface area contributed by atoms with Crippen molar-refractivity contribution in [1.82, 2.24) is 9.53 Å². The Balaban J connectivity index is 2.23. The minimum Gasteiger partial charge on any atom is -0.497 e. The number of sulfonamides is 1. The quantitative estimate of drug-likeness (QED) is 0.735. The zero-order valence-corrected chi connectivity index (χ0v) is 14.6. The fourth-order valence-corrected chi connectivity index (χ4v) is 4.36. The van der Waals surface area contributed by atoms with Crippen molar-refractivity contribution in [2.75, 3.05) is 20.8 Å². The predicted octanol–water partition coefficient (Wildman–Crippen LogP) is 0.555. The number of methoxy groups -OCH3 is 2. The normalized spacial score (nSPS) is 22.1. The Morgan fingerprint density at radius 1 is 1.35 bits per heavy atom. The molecule has 1 aromatic carbocycles. The second-order valence-electron chi connectivity index (χ2n) is 5.75. The summed E-state index contributed by atoms with van der Waals surface area (Å²) in [6, 6.07) is 4.49. The lowest BCUT2D eigenvalue weighted by molar-refractivity contribution is 0.360. The van der Waals surface area contributed by atoms with E-state index in [1.807, 2.05) is 11.7 Å². The van der Waals surface area contributed by atoms with Gasteiger partial charge in [0, 0.05) is 18.7 Å². The Kier molecular flexibility index (Phi) is 5.56. The van der Waals surface area contributed by atoms with Gasteiger partial charge < -0.3 is 19.3 Å². The van der Waals surface area contributed by atoms with E-state index in [-0.39, 0.29) is 22.7 Å². The third-order valence-corrected chi connectivity index (χ3v) is 5.63. The van der Waals surface area contributed by atoms with Crippen LogP contribution in [-0.4, -0.2) is 58.2 Å². The van der Waals surface area contributed by atoms with Crippen LogP contribution in [-0.2, 0) is 10.0 Å². The van der Waals surface area contributed by atoms with E-state index in [0.717, 1.165) is 0 Å². The molecule has 0 radical (unpaired) electrons. The lowest BCUT2D eigenvalue weighted by Gasteiger charge is -2.21. The van der Waals surface area contributed by atoms with Crippen molar-refractivity contribution in [3.63, 3.8) is 0 Å². The molecule has 128 valence electrons. The SMILES string of the molecule is COc1ccc(OC)c(S(=O)(=O)N[C@@H]2C[C@H](C)N(B(C)O)C2)c1. The molecule has 1 aromatic rings. The first-order chi connectivity index (χ1) is 10.8. The van der Waals surface area contributed by atoms with Crippen LogP contribution in [0.4, 0.5) is 0 Å². The smallest absolute Gasteiger partial charge is 0.376 e. The molecular weight excluding hydrogens is 319 g/mol. The molecule has 9 heteroatoms. The number of hydrogen-bond acceptors (Lipinski definition) is 6. The molecule has 1 aliphatic heterocycles. The summed E-state index contributed by atoms with van der Waals surface area (Å²) in [6.07, 6.45) is 0.635. The van der Waals surface area contributed by atoms with Crippen LogP contribution in [0.1, 0.15) is 13.3 Å². The van der Waals surface area contributed by atoms with Crippen LogP contribution < -0.4 is 14.2 Å². The van der Waals surface area contributed by atoms with Crippen LogP contribution in [0.5, 0.6) is 11.5 Å². The maximum Gasteiger partial charge on any atom is 0.376 e. The van der Waals surface area contributed by atoms with Crippen LogP contribution in [0.2, 0.25) is 6.82 Å². The van der Waals surface area contributed by atoms with Gasteiger partial charge >= 0.3 is 7.05 Å². The van der Waals surface area contributed by atoms with Crippen molar-refractivity contribution in [2.24, 2.45) is 0 Å². The summed E-state index contributed by atoms with van der Waals surface area (Å²) >= 11 is 0. The Labute approximate surface area is 137 Å². The van der Waals surface area contributed by atoms with Gasteiger partial charge in [-0.3, -0.25) is 0 Å². The van der Waals surface area contributed by atoms with Crippen molar-refractivity contribution in [3.05, 3.63) is 18.2 Å². The molecular formula is C14H23BN2O5S. The molecule has 0 unspecified atom stereocenters. The Hall–Kier alpha value is -1.29. The van der Waals surface area contributed by atoms with Gasteiger partial charge in [0.05, 0.1) is 14.2 Å². The summed E-state index contributed by atoms with van der Waals surface area (Å²) in [5, 5.41) is 9.72. The zero-order valence-electron chi connectivity index (χ0n) is 13.8. The average molecular weight is 342 g/mol. The van der Waals surface area contributed by atoms with Gasteiger partial charge in [-0.15, -0.1) is 0 Å². The highest BCUT2D eigenvalue weighted by atomic mass is 32.2. The third kappa shape index (κ3) is 3.98. The summed E-state index contributed by atoms with van der Waals surface area (Å²) in [5.41, 5.74) is 0. The Morgan fingerprint density at radius 3 is 2.57 bits per heavy atom. The second kappa shape index (κ2) is 7.08. The van der Waals surface area contributed by atoms with E-state index in [0.29, 0.717) is 18.7 Å². The van der Waals surface area contributed by atoms with Crippen molar-refractivity contribution in [3.8, 4) is 11.5 Å². The number of ether oxygens (including phenoxy) is 2. The molecule has 1 aliphatic rings. The summed E-state index contributed by atoms with van der Waals surface area (Å²) in [5.74, 6) is 0.702. The Bertz CT molecular complexity index is 653. The van der Waals surface area contributed by atoms with E-state index in [1.165, 1.54) is 20.3 Å². The van der Waals surface area contributed by atoms with Gasteiger partial charge in [-0.05, 0) is 31.4 Å².